The van der Waals surface area contributed by atoms with Crippen molar-refractivity contribution in [3.05, 3.63) is 59.9 Å². The number of aromatic nitrogens is 3. The van der Waals surface area contributed by atoms with Crippen LogP contribution >= 0.6 is 11.5 Å². The molecule has 2 aromatic heterocycles. The molecule has 128 valence electrons. The van der Waals surface area contributed by atoms with E-state index in [1.165, 1.54) is 32.1 Å². The van der Waals surface area contributed by atoms with Gasteiger partial charge in [-0.15, -0.1) is 0 Å². The van der Waals surface area contributed by atoms with E-state index in [0.717, 1.165) is 6.54 Å². The predicted octanol–water partition coefficient (Wildman–Crippen LogP) is 5.75. The van der Waals surface area contributed by atoms with Gasteiger partial charge in [0.2, 0.25) is 0 Å². The smallest absolute Gasteiger partial charge is 0.0685 e. The average molecular weight is 350 g/mol. The highest BCUT2D eigenvalue weighted by atomic mass is 32.1. The van der Waals surface area contributed by atoms with E-state index in [1.54, 1.807) is 11.5 Å². The number of hydrogen-bond donors (Lipinski definition) is 0. The third-order valence-corrected chi connectivity index (χ3v) is 5.67. The van der Waals surface area contributed by atoms with Crippen LogP contribution in [0.15, 0.2) is 48.8 Å². The first-order chi connectivity index (χ1) is 11.9. The zero-order chi connectivity index (χ0) is 17.6. The first-order valence-corrected chi connectivity index (χ1v) is 9.51. The average Bonchev–Trinajstić information content (AvgIpc) is 3.20. The van der Waals surface area contributed by atoms with Crippen LogP contribution < -0.4 is 0 Å². The Kier molecular flexibility index (Phi) is 3.88. The van der Waals surface area contributed by atoms with Crippen molar-refractivity contribution >= 4 is 32.5 Å². The van der Waals surface area contributed by atoms with Gasteiger partial charge in [0.15, 0.2) is 0 Å². The van der Waals surface area contributed by atoms with Crippen LogP contribution in [0.25, 0.3) is 21.0 Å². The van der Waals surface area contributed by atoms with Gasteiger partial charge in [-0.1, -0.05) is 52.0 Å². The lowest BCUT2D eigenvalue weighted by atomic mass is 9.85. The van der Waals surface area contributed by atoms with Crippen LogP contribution in [-0.4, -0.2) is 14.2 Å². The number of hydrogen-bond acceptors (Lipinski definition) is 3. The first kappa shape index (κ1) is 16.3. The van der Waals surface area contributed by atoms with Gasteiger partial charge in [-0.2, -0.15) is 9.47 Å². The summed E-state index contributed by atoms with van der Waals surface area (Å²) in [7, 11) is 0. The molecule has 0 amide bonds. The monoisotopic (exact) mass is 349 g/mol. The van der Waals surface area contributed by atoms with E-state index in [1.807, 2.05) is 12.4 Å². The molecule has 1 atom stereocenters. The zero-order valence-corrected chi connectivity index (χ0v) is 16.0. The minimum Gasteiger partial charge on any atom is -0.264 e. The highest BCUT2D eigenvalue weighted by molar-refractivity contribution is 7.13. The van der Waals surface area contributed by atoms with Gasteiger partial charge in [-0.3, -0.25) is 4.68 Å². The Morgan fingerprint density at radius 1 is 1.04 bits per heavy atom. The van der Waals surface area contributed by atoms with Crippen LogP contribution in [0.1, 0.15) is 44.7 Å². The van der Waals surface area contributed by atoms with Crippen molar-refractivity contribution in [3.8, 4) is 0 Å². The molecule has 0 saturated heterocycles. The Labute approximate surface area is 152 Å². The molecule has 0 radical (unpaired) electrons. The second-order valence-corrected chi connectivity index (χ2v) is 8.63. The van der Waals surface area contributed by atoms with Crippen LogP contribution in [0.5, 0.6) is 0 Å². The van der Waals surface area contributed by atoms with Gasteiger partial charge < -0.3 is 0 Å². The van der Waals surface area contributed by atoms with E-state index < -0.39 is 0 Å². The zero-order valence-electron chi connectivity index (χ0n) is 15.2. The summed E-state index contributed by atoms with van der Waals surface area (Å²) in [6, 6.07) is 13.0. The minimum atomic E-state index is 0.118. The van der Waals surface area contributed by atoms with Gasteiger partial charge in [0.05, 0.1) is 16.4 Å². The van der Waals surface area contributed by atoms with E-state index >= 15 is 0 Å². The molecular weight excluding hydrogens is 326 g/mol. The topological polar surface area (TPSA) is 30.7 Å². The van der Waals surface area contributed by atoms with Crippen LogP contribution in [0.2, 0.25) is 0 Å². The lowest BCUT2D eigenvalue weighted by Gasteiger charge is -2.20. The number of rotatable bonds is 3. The quantitative estimate of drug-likeness (QED) is 0.472. The Balaban J connectivity index is 1.73. The molecule has 4 aromatic rings. The molecule has 1 unspecified atom stereocenters. The van der Waals surface area contributed by atoms with Gasteiger partial charge in [0.25, 0.3) is 0 Å². The van der Waals surface area contributed by atoms with Crippen molar-refractivity contribution in [3.63, 3.8) is 0 Å². The normalized spacial score (nSPS) is 13.6. The van der Waals surface area contributed by atoms with Crippen LogP contribution in [0.3, 0.4) is 0 Å². The molecule has 4 rings (SSSR count). The molecule has 0 aliphatic rings. The Hall–Kier alpha value is -2.20. The van der Waals surface area contributed by atoms with Crippen molar-refractivity contribution in [1.29, 1.82) is 0 Å². The van der Waals surface area contributed by atoms with Crippen molar-refractivity contribution in [2.45, 2.75) is 45.6 Å². The van der Waals surface area contributed by atoms with E-state index in [-0.39, 0.29) is 5.41 Å². The highest BCUT2D eigenvalue weighted by Crippen LogP contribution is 2.32. The fourth-order valence-electron chi connectivity index (χ4n) is 3.60. The second kappa shape index (κ2) is 5.95. The Morgan fingerprint density at radius 3 is 2.64 bits per heavy atom. The second-order valence-electron chi connectivity index (χ2n) is 7.80. The predicted molar refractivity (Wildman–Crippen MR) is 106 cm³/mol. The molecule has 25 heavy (non-hydrogen) atoms. The molecule has 2 aromatic carbocycles. The van der Waals surface area contributed by atoms with Crippen molar-refractivity contribution in [2.24, 2.45) is 0 Å². The summed E-state index contributed by atoms with van der Waals surface area (Å²) in [6.45, 7) is 9.91. The van der Waals surface area contributed by atoms with Gasteiger partial charge in [0.1, 0.15) is 0 Å². The molecule has 0 spiro atoms. The summed E-state index contributed by atoms with van der Waals surface area (Å²) in [4.78, 5) is 0. The largest absolute Gasteiger partial charge is 0.264 e. The number of fused-ring (bicyclic) bond motifs is 2. The molecule has 0 N–H and O–H groups in total. The van der Waals surface area contributed by atoms with Crippen LogP contribution in [0.4, 0.5) is 0 Å². The lowest BCUT2D eigenvalue weighted by molar-refractivity contribution is 0.560. The van der Waals surface area contributed by atoms with Crippen LogP contribution in [-0.2, 0) is 12.0 Å². The molecular formula is C21H23N3S. The Morgan fingerprint density at radius 2 is 1.84 bits per heavy atom. The summed E-state index contributed by atoms with van der Waals surface area (Å²) in [5.74, 6) is 0.376. The van der Waals surface area contributed by atoms with Gasteiger partial charge in [-0.25, -0.2) is 0 Å². The maximum atomic E-state index is 4.71. The van der Waals surface area contributed by atoms with E-state index in [4.69, 9.17) is 5.10 Å². The summed E-state index contributed by atoms with van der Waals surface area (Å²) in [5, 5.41) is 7.24. The third kappa shape index (κ3) is 2.85. The third-order valence-electron chi connectivity index (χ3n) is 4.91. The Bertz CT molecular complexity index is 1040. The standard InChI is InChI=1S/C21H23N3S/c1-14(15-7-5-10-20-16(15)12-23-25-20)13-24-19-9-6-8-18(21(2,3)4)17(19)11-22-24/h5-12,14H,13H2,1-4H3. The van der Waals surface area contributed by atoms with Crippen molar-refractivity contribution < 1.29 is 0 Å². The highest BCUT2D eigenvalue weighted by Gasteiger charge is 2.19. The molecule has 0 fully saturated rings. The summed E-state index contributed by atoms with van der Waals surface area (Å²) in [5.41, 5.74) is 4.04. The maximum absolute atomic E-state index is 4.71. The van der Waals surface area contributed by atoms with Gasteiger partial charge >= 0.3 is 0 Å². The number of benzene rings is 2. The molecule has 0 aliphatic heterocycles. The molecule has 3 nitrogen and oxygen atoms in total. The first-order valence-electron chi connectivity index (χ1n) is 8.73. The van der Waals surface area contributed by atoms with Crippen molar-refractivity contribution in [2.75, 3.05) is 0 Å². The summed E-state index contributed by atoms with van der Waals surface area (Å²) < 4.78 is 7.75. The molecule has 2 heterocycles. The SMILES string of the molecule is CC(Cn1ncc2c(C(C)(C)C)cccc21)c1cccc2sncc12. The van der Waals surface area contributed by atoms with Gasteiger partial charge in [0, 0.05) is 29.4 Å². The maximum Gasteiger partial charge on any atom is 0.0685 e. The fraction of sp³-hybridized carbons (Fsp3) is 0.333. The van der Waals surface area contributed by atoms with E-state index in [2.05, 4.69) is 73.1 Å². The van der Waals surface area contributed by atoms with E-state index in [9.17, 15) is 0 Å². The minimum absolute atomic E-state index is 0.118. The molecule has 0 bridgehead atoms. The lowest BCUT2D eigenvalue weighted by Crippen LogP contribution is -2.11. The van der Waals surface area contributed by atoms with E-state index in [0.29, 0.717) is 5.92 Å². The van der Waals surface area contributed by atoms with Crippen molar-refractivity contribution in [1.82, 2.24) is 14.2 Å². The molecule has 4 heteroatoms. The fourth-order valence-corrected chi connectivity index (χ4v) is 4.28. The van der Waals surface area contributed by atoms with Gasteiger partial charge in [-0.05, 0) is 40.2 Å². The summed E-state index contributed by atoms with van der Waals surface area (Å²) in [6.07, 6.45) is 4.01. The summed E-state index contributed by atoms with van der Waals surface area (Å²) >= 11 is 1.56. The molecule has 0 aliphatic carbocycles. The number of nitrogens with zero attached hydrogens (tertiary/aromatic N) is 3. The molecule has 0 saturated carbocycles. The van der Waals surface area contributed by atoms with Crippen LogP contribution in [0, 0.1) is 0 Å².